The van der Waals surface area contributed by atoms with Crippen molar-refractivity contribution < 1.29 is 9.90 Å². The molecule has 6 nitrogen and oxygen atoms in total. The van der Waals surface area contributed by atoms with E-state index in [1.807, 2.05) is 56.3 Å². The van der Waals surface area contributed by atoms with Gasteiger partial charge in [-0.2, -0.15) is 4.98 Å². The smallest absolute Gasteiger partial charge is 0.258 e. The fourth-order valence-electron chi connectivity index (χ4n) is 2.82. The molecule has 3 aromatic rings. The third-order valence-electron chi connectivity index (χ3n) is 4.42. The van der Waals surface area contributed by atoms with Crippen LogP contribution in [-0.4, -0.2) is 26.7 Å². The third-order valence-corrected chi connectivity index (χ3v) is 5.30. The molecule has 0 saturated carbocycles. The predicted molar refractivity (Wildman–Crippen MR) is 109 cm³/mol. The molecule has 0 spiro atoms. The van der Waals surface area contributed by atoms with Crippen LogP contribution < -0.4 is 10.9 Å². The van der Waals surface area contributed by atoms with Gasteiger partial charge in [-0.1, -0.05) is 62.0 Å². The zero-order chi connectivity index (χ0) is 19.4. The Morgan fingerprint density at radius 1 is 1.26 bits per heavy atom. The number of thioether (sulfide) groups is 1. The summed E-state index contributed by atoms with van der Waals surface area (Å²) in [6.07, 6.45) is 0.720. The molecule has 0 unspecified atom stereocenters. The zero-order valence-corrected chi connectivity index (χ0v) is 16.0. The molecule has 7 heteroatoms. The van der Waals surface area contributed by atoms with Gasteiger partial charge in [-0.15, -0.1) is 0 Å². The molecule has 0 bridgehead atoms. The molecule has 0 aliphatic heterocycles. The van der Waals surface area contributed by atoms with Crippen molar-refractivity contribution in [2.45, 2.75) is 31.3 Å². The van der Waals surface area contributed by atoms with E-state index >= 15 is 0 Å². The van der Waals surface area contributed by atoms with E-state index < -0.39 is 0 Å². The van der Waals surface area contributed by atoms with Gasteiger partial charge < -0.3 is 15.4 Å². The predicted octanol–water partition coefficient (Wildman–Crippen LogP) is 3.87. The molecular weight excluding hydrogens is 362 g/mol. The summed E-state index contributed by atoms with van der Waals surface area (Å²) in [5.41, 5.74) is 0.644. The van der Waals surface area contributed by atoms with Crippen LogP contribution in [0.4, 0.5) is 5.69 Å². The maximum atomic E-state index is 12.3. The van der Waals surface area contributed by atoms with Crippen LogP contribution >= 0.6 is 11.8 Å². The van der Waals surface area contributed by atoms with E-state index in [1.54, 1.807) is 0 Å². The molecule has 3 N–H and O–H groups in total. The van der Waals surface area contributed by atoms with Crippen molar-refractivity contribution in [3.8, 4) is 5.88 Å². The Morgan fingerprint density at radius 2 is 2.00 bits per heavy atom. The lowest BCUT2D eigenvalue weighted by Gasteiger charge is -2.11. The highest BCUT2D eigenvalue weighted by molar-refractivity contribution is 7.99. The van der Waals surface area contributed by atoms with E-state index in [1.165, 1.54) is 0 Å². The van der Waals surface area contributed by atoms with Gasteiger partial charge in [-0.05, 0) is 23.8 Å². The van der Waals surface area contributed by atoms with Gasteiger partial charge in [-0.3, -0.25) is 9.59 Å². The molecule has 140 valence electrons. The van der Waals surface area contributed by atoms with Crippen molar-refractivity contribution in [1.29, 1.82) is 0 Å². The number of nitrogens with zero attached hydrogens (tertiary/aromatic N) is 1. The fraction of sp³-hybridized carbons (Fsp3) is 0.250. The Labute approximate surface area is 161 Å². The van der Waals surface area contributed by atoms with Gasteiger partial charge in [0.15, 0.2) is 5.16 Å². The summed E-state index contributed by atoms with van der Waals surface area (Å²) in [4.78, 5) is 31.1. The van der Waals surface area contributed by atoms with E-state index in [0.717, 1.165) is 34.6 Å². The van der Waals surface area contributed by atoms with Crippen molar-refractivity contribution in [2.75, 3.05) is 11.1 Å². The van der Waals surface area contributed by atoms with Crippen LogP contribution in [-0.2, 0) is 4.79 Å². The number of hydrogen-bond acceptors (Lipinski definition) is 5. The van der Waals surface area contributed by atoms with Crippen molar-refractivity contribution in [2.24, 2.45) is 0 Å². The Balaban J connectivity index is 1.70. The Morgan fingerprint density at radius 3 is 2.74 bits per heavy atom. The normalized spacial score (nSPS) is 12.1. The zero-order valence-electron chi connectivity index (χ0n) is 15.2. The summed E-state index contributed by atoms with van der Waals surface area (Å²) in [6, 6.07) is 13.5. The van der Waals surface area contributed by atoms with Crippen LogP contribution in [0.1, 0.15) is 31.7 Å². The number of anilines is 1. The Bertz CT molecular complexity index is 1030. The first kappa shape index (κ1) is 19.0. The number of fused-ring (bicyclic) bond motifs is 1. The van der Waals surface area contributed by atoms with E-state index in [4.69, 9.17) is 0 Å². The van der Waals surface area contributed by atoms with Crippen LogP contribution in [0, 0.1) is 0 Å². The third kappa shape index (κ3) is 4.31. The number of benzene rings is 2. The molecule has 3 rings (SSSR count). The number of aromatic amines is 1. The quantitative estimate of drug-likeness (QED) is 0.444. The van der Waals surface area contributed by atoms with Crippen LogP contribution in [0.3, 0.4) is 0 Å². The molecule has 0 saturated heterocycles. The van der Waals surface area contributed by atoms with Gasteiger partial charge in [0.25, 0.3) is 5.56 Å². The van der Waals surface area contributed by atoms with Crippen molar-refractivity contribution in [3.63, 3.8) is 0 Å². The first-order chi connectivity index (χ1) is 13.0. The fourth-order valence-corrected chi connectivity index (χ4v) is 3.48. The highest BCUT2D eigenvalue weighted by atomic mass is 32.2. The summed E-state index contributed by atoms with van der Waals surface area (Å²) >= 11 is 1.07. The van der Waals surface area contributed by atoms with Gasteiger partial charge in [0.2, 0.25) is 11.8 Å². The second-order valence-corrected chi connectivity index (χ2v) is 7.25. The van der Waals surface area contributed by atoms with Crippen molar-refractivity contribution in [1.82, 2.24) is 9.97 Å². The van der Waals surface area contributed by atoms with Gasteiger partial charge in [0.05, 0.1) is 11.3 Å². The maximum absolute atomic E-state index is 12.3. The molecule has 0 fully saturated rings. The van der Waals surface area contributed by atoms with Crippen LogP contribution in [0.15, 0.2) is 52.4 Å². The first-order valence-electron chi connectivity index (χ1n) is 8.73. The Hall–Kier alpha value is -2.80. The summed E-state index contributed by atoms with van der Waals surface area (Å²) in [6.45, 7) is 3.79. The first-order valence-corrected chi connectivity index (χ1v) is 9.71. The largest absolute Gasteiger partial charge is 0.493 e. The minimum atomic E-state index is -0.367. The van der Waals surface area contributed by atoms with Crippen LogP contribution in [0.5, 0.6) is 5.88 Å². The standard InChI is InChI=1S/C20H21N3O3S/c1-3-12(2)17-18(25)22-20(23-19(17)26)27-11-16(24)21-15-10-6-8-13-7-4-5-9-14(13)15/h4-10,12H,3,11H2,1-2H3,(H,21,24)(H2,22,23,25,26)/t12-/m1/s1. The highest BCUT2D eigenvalue weighted by Crippen LogP contribution is 2.25. The number of hydrogen-bond donors (Lipinski definition) is 3. The number of H-pyrrole nitrogens is 1. The second-order valence-electron chi connectivity index (χ2n) is 6.28. The molecule has 1 aromatic heterocycles. The minimum absolute atomic E-state index is 0.0638. The summed E-state index contributed by atoms with van der Waals surface area (Å²) in [5.74, 6) is -0.515. The van der Waals surface area contributed by atoms with Gasteiger partial charge >= 0.3 is 0 Å². The van der Waals surface area contributed by atoms with E-state index in [0.29, 0.717) is 0 Å². The Kier molecular flexibility index (Phi) is 5.81. The molecule has 1 atom stereocenters. The van der Waals surface area contributed by atoms with Gasteiger partial charge in [-0.25, -0.2) is 0 Å². The van der Waals surface area contributed by atoms with Crippen molar-refractivity contribution >= 4 is 34.1 Å². The highest BCUT2D eigenvalue weighted by Gasteiger charge is 2.17. The lowest BCUT2D eigenvalue weighted by molar-refractivity contribution is -0.113. The monoisotopic (exact) mass is 383 g/mol. The van der Waals surface area contributed by atoms with Crippen LogP contribution in [0.25, 0.3) is 10.8 Å². The lowest BCUT2D eigenvalue weighted by Crippen LogP contribution is -2.18. The average Bonchev–Trinajstić information content (AvgIpc) is 2.66. The molecule has 1 heterocycles. The molecule has 2 aromatic carbocycles. The molecule has 0 radical (unpaired) electrons. The average molecular weight is 383 g/mol. The topological polar surface area (TPSA) is 95.1 Å². The summed E-state index contributed by atoms with van der Waals surface area (Å²) in [7, 11) is 0. The molecule has 27 heavy (non-hydrogen) atoms. The number of carbonyl (C=O) groups is 1. The number of carbonyl (C=O) groups excluding carboxylic acids is 1. The second kappa shape index (κ2) is 8.26. The number of nitrogens with one attached hydrogen (secondary N) is 2. The summed E-state index contributed by atoms with van der Waals surface area (Å²) in [5, 5.41) is 15.1. The minimum Gasteiger partial charge on any atom is -0.493 e. The molecular formula is C20H21N3O3S. The maximum Gasteiger partial charge on any atom is 0.258 e. The lowest BCUT2D eigenvalue weighted by atomic mass is 10.0. The van der Waals surface area contributed by atoms with E-state index in [2.05, 4.69) is 15.3 Å². The van der Waals surface area contributed by atoms with Gasteiger partial charge in [0.1, 0.15) is 0 Å². The van der Waals surface area contributed by atoms with Gasteiger partial charge in [0, 0.05) is 11.1 Å². The van der Waals surface area contributed by atoms with Crippen LogP contribution in [0.2, 0.25) is 0 Å². The molecule has 1 amide bonds. The molecule has 0 aliphatic carbocycles. The molecule has 0 aliphatic rings. The number of amides is 1. The van der Waals surface area contributed by atoms with E-state index in [9.17, 15) is 14.7 Å². The SMILES string of the molecule is CC[C@@H](C)c1c(O)nc(SCC(=O)Nc2cccc3ccccc23)[nH]c1=O. The number of aromatic hydroxyl groups is 1. The van der Waals surface area contributed by atoms with E-state index in [-0.39, 0.29) is 39.7 Å². The number of rotatable bonds is 6. The summed E-state index contributed by atoms with van der Waals surface area (Å²) < 4.78 is 0. The number of aromatic nitrogens is 2. The van der Waals surface area contributed by atoms with Crippen molar-refractivity contribution in [3.05, 3.63) is 58.4 Å².